The number of aliphatic imine (C=N–C) groups is 1. The molecule has 156 valence electrons. The lowest BCUT2D eigenvalue weighted by molar-refractivity contribution is -0.115. The van der Waals surface area contributed by atoms with E-state index in [0.29, 0.717) is 17.2 Å². The molecule has 0 bridgehead atoms. The molecule has 3 nitrogen and oxygen atoms in total. The second-order valence-electron chi connectivity index (χ2n) is 7.85. The lowest BCUT2D eigenvalue weighted by Gasteiger charge is -2.32. The molecule has 1 aromatic carbocycles. The molecule has 1 aliphatic carbocycles. The number of halogens is 1. The van der Waals surface area contributed by atoms with Gasteiger partial charge in [0.15, 0.2) is 0 Å². The van der Waals surface area contributed by atoms with E-state index in [0.717, 1.165) is 23.1 Å². The number of hydrogen-bond donors (Lipinski definition) is 0. The van der Waals surface area contributed by atoms with Crippen molar-refractivity contribution in [2.24, 2.45) is 10.9 Å². The van der Waals surface area contributed by atoms with Gasteiger partial charge in [0, 0.05) is 18.5 Å². The van der Waals surface area contributed by atoms with Crippen molar-refractivity contribution in [2.45, 2.75) is 47.1 Å². The van der Waals surface area contributed by atoms with Crippen molar-refractivity contribution in [1.29, 1.82) is 0 Å². The molecule has 2 unspecified atom stereocenters. The third-order valence-electron chi connectivity index (χ3n) is 5.55. The smallest absolute Gasteiger partial charge is 0.292 e. The molecule has 4 heteroatoms. The second-order valence-corrected chi connectivity index (χ2v) is 7.85. The van der Waals surface area contributed by atoms with Crippen LogP contribution in [0.2, 0.25) is 0 Å². The quantitative estimate of drug-likeness (QED) is 0.445. The van der Waals surface area contributed by atoms with E-state index in [4.69, 9.17) is 0 Å². The van der Waals surface area contributed by atoms with E-state index in [9.17, 15) is 9.18 Å². The summed E-state index contributed by atoms with van der Waals surface area (Å²) in [5, 5.41) is 0. The molecule has 0 saturated carbocycles. The van der Waals surface area contributed by atoms with Gasteiger partial charge in [-0.2, -0.15) is 0 Å². The molecule has 0 radical (unpaired) electrons. The van der Waals surface area contributed by atoms with Gasteiger partial charge in [0.2, 0.25) is 0 Å². The van der Waals surface area contributed by atoms with Gasteiger partial charge in [-0.25, -0.2) is 9.38 Å². The Morgan fingerprint density at radius 2 is 1.97 bits per heavy atom. The van der Waals surface area contributed by atoms with E-state index >= 15 is 0 Å². The summed E-state index contributed by atoms with van der Waals surface area (Å²) < 4.78 is 13.8. The Labute approximate surface area is 178 Å². The number of aryl methyl sites for hydroxylation is 1. The van der Waals surface area contributed by atoms with Gasteiger partial charge in [-0.05, 0) is 80.0 Å². The van der Waals surface area contributed by atoms with Crippen LogP contribution < -0.4 is 0 Å². The van der Waals surface area contributed by atoms with Gasteiger partial charge < -0.3 is 4.90 Å². The number of amides is 1. The van der Waals surface area contributed by atoms with Crippen LogP contribution in [-0.4, -0.2) is 23.1 Å². The first-order valence-electron chi connectivity index (χ1n) is 10.4. The number of benzene rings is 1. The molecule has 0 spiro atoms. The van der Waals surface area contributed by atoms with Gasteiger partial charge in [-0.15, -0.1) is 0 Å². The van der Waals surface area contributed by atoms with Crippen LogP contribution in [0.15, 0.2) is 76.6 Å². The molecular formula is C26H29FN2O. The molecule has 3 rings (SSSR count). The van der Waals surface area contributed by atoms with Crippen molar-refractivity contribution in [3.63, 3.8) is 0 Å². The van der Waals surface area contributed by atoms with Crippen molar-refractivity contribution in [2.75, 3.05) is 0 Å². The van der Waals surface area contributed by atoms with Crippen LogP contribution in [0.1, 0.15) is 45.2 Å². The van der Waals surface area contributed by atoms with Crippen LogP contribution in [0.5, 0.6) is 0 Å². The summed E-state index contributed by atoms with van der Waals surface area (Å²) in [7, 11) is 0. The van der Waals surface area contributed by atoms with E-state index in [1.54, 1.807) is 19.9 Å². The molecule has 1 heterocycles. The van der Waals surface area contributed by atoms with E-state index in [1.165, 1.54) is 17.9 Å². The van der Waals surface area contributed by atoms with Crippen LogP contribution in [-0.2, 0) is 4.79 Å². The standard InChI is InChI=1S/C26H29FN2O/c1-6-25(26(30)28-7-2)29-16-21(10-9-19(29)5)22-12-8-17(3)14-23(22)20-11-13-24(27)18(4)15-20/h6-13,15-17,19H,14H2,1-5H3/b25-6-,28-7?. The molecule has 0 aromatic heterocycles. The number of hydrogen-bond acceptors (Lipinski definition) is 2. The van der Waals surface area contributed by atoms with Gasteiger partial charge in [-0.1, -0.05) is 43.4 Å². The Balaban J connectivity index is 2.10. The summed E-state index contributed by atoms with van der Waals surface area (Å²) in [5.41, 5.74) is 5.56. The minimum absolute atomic E-state index is 0.0413. The zero-order chi connectivity index (χ0) is 21.8. The predicted octanol–water partition coefficient (Wildman–Crippen LogP) is 6.15. The van der Waals surface area contributed by atoms with Crippen molar-refractivity contribution in [3.8, 4) is 0 Å². The summed E-state index contributed by atoms with van der Waals surface area (Å²) >= 11 is 0. The van der Waals surface area contributed by atoms with Crippen molar-refractivity contribution < 1.29 is 9.18 Å². The highest BCUT2D eigenvalue weighted by Crippen LogP contribution is 2.37. The van der Waals surface area contributed by atoms with Crippen LogP contribution in [0.4, 0.5) is 4.39 Å². The summed E-state index contributed by atoms with van der Waals surface area (Å²) in [4.78, 5) is 18.4. The zero-order valence-electron chi connectivity index (χ0n) is 18.3. The van der Waals surface area contributed by atoms with Crippen LogP contribution in [0.25, 0.3) is 5.57 Å². The highest BCUT2D eigenvalue weighted by Gasteiger charge is 2.24. The van der Waals surface area contributed by atoms with Crippen molar-refractivity contribution >= 4 is 17.7 Å². The maximum absolute atomic E-state index is 13.8. The number of rotatable bonds is 4. The Bertz CT molecular complexity index is 1020. The van der Waals surface area contributed by atoms with Crippen LogP contribution >= 0.6 is 0 Å². The fraction of sp³-hybridized carbons (Fsp3) is 0.308. The van der Waals surface area contributed by atoms with E-state index < -0.39 is 0 Å². The lowest BCUT2D eigenvalue weighted by atomic mass is 9.83. The minimum atomic E-state index is -0.256. The summed E-state index contributed by atoms with van der Waals surface area (Å²) in [5.74, 6) is -0.0393. The SMILES string of the molecule is CC=NC(=O)/C(=C/C)N1C=C(C2=C(c3ccc(F)c(C)c3)CC(C)C=C2)C=CC1C. The molecule has 1 amide bonds. The summed E-state index contributed by atoms with van der Waals surface area (Å²) in [6.07, 6.45) is 14.8. The van der Waals surface area contributed by atoms with Crippen molar-refractivity contribution in [3.05, 3.63) is 88.6 Å². The third kappa shape index (κ3) is 4.43. The third-order valence-corrected chi connectivity index (χ3v) is 5.55. The Morgan fingerprint density at radius 1 is 1.20 bits per heavy atom. The second kappa shape index (κ2) is 9.21. The maximum Gasteiger partial charge on any atom is 0.292 e. The highest BCUT2D eigenvalue weighted by molar-refractivity contribution is 5.97. The fourth-order valence-corrected chi connectivity index (χ4v) is 3.90. The largest absolute Gasteiger partial charge is 0.336 e. The normalized spacial score (nSPS) is 22.1. The first-order valence-corrected chi connectivity index (χ1v) is 10.4. The van der Waals surface area contributed by atoms with Gasteiger partial charge in [0.25, 0.3) is 5.91 Å². The highest BCUT2D eigenvalue weighted by atomic mass is 19.1. The fourth-order valence-electron chi connectivity index (χ4n) is 3.90. The first-order chi connectivity index (χ1) is 14.3. The van der Waals surface area contributed by atoms with E-state index in [1.807, 2.05) is 37.1 Å². The number of carbonyl (C=O) groups is 1. The van der Waals surface area contributed by atoms with Crippen LogP contribution in [0, 0.1) is 18.7 Å². The molecule has 2 atom stereocenters. The predicted molar refractivity (Wildman–Crippen MR) is 122 cm³/mol. The number of carbonyl (C=O) groups excluding carboxylic acids is 1. The molecule has 0 N–H and O–H groups in total. The molecule has 30 heavy (non-hydrogen) atoms. The Kier molecular flexibility index (Phi) is 6.66. The molecular weight excluding hydrogens is 375 g/mol. The van der Waals surface area contributed by atoms with Crippen molar-refractivity contribution in [1.82, 2.24) is 4.90 Å². The number of allylic oxidation sites excluding steroid dienone is 7. The molecule has 0 saturated heterocycles. The Hall–Kier alpha value is -3.01. The molecule has 2 aliphatic rings. The topological polar surface area (TPSA) is 32.7 Å². The maximum atomic E-state index is 13.8. The van der Waals surface area contributed by atoms with E-state index in [-0.39, 0.29) is 17.8 Å². The van der Waals surface area contributed by atoms with Gasteiger partial charge >= 0.3 is 0 Å². The minimum Gasteiger partial charge on any atom is -0.336 e. The number of nitrogens with zero attached hydrogens (tertiary/aromatic N) is 2. The summed E-state index contributed by atoms with van der Waals surface area (Å²) in [6.45, 7) is 9.62. The summed E-state index contributed by atoms with van der Waals surface area (Å²) in [6, 6.07) is 5.35. The first kappa shape index (κ1) is 21.7. The van der Waals surface area contributed by atoms with Gasteiger partial charge in [0.1, 0.15) is 11.5 Å². The molecule has 1 aliphatic heterocycles. The Morgan fingerprint density at radius 3 is 2.63 bits per heavy atom. The van der Waals surface area contributed by atoms with Gasteiger partial charge in [-0.3, -0.25) is 4.79 Å². The average molecular weight is 405 g/mol. The van der Waals surface area contributed by atoms with E-state index in [2.05, 4.69) is 36.2 Å². The van der Waals surface area contributed by atoms with Gasteiger partial charge in [0.05, 0.1) is 0 Å². The molecule has 0 fully saturated rings. The van der Waals surface area contributed by atoms with Crippen LogP contribution in [0.3, 0.4) is 0 Å². The average Bonchev–Trinajstić information content (AvgIpc) is 2.72. The zero-order valence-corrected chi connectivity index (χ0v) is 18.3. The lowest BCUT2D eigenvalue weighted by Crippen LogP contribution is -2.31. The monoisotopic (exact) mass is 404 g/mol. The molecule has 1 aromatic rings.